The predicted molar refractivity (Wildman–Crippen MR) is 77.8 cm³/mol. The van der Waals surface area contributed by atoms with Gasteiger partial charge < -0.3 is 9.84 Å². The van der Waals surface area contributed by atoms with E-state index in [0.29, 0.717) is 23.3 Å². The van der Waals surface area contributed by atoms with Crippen LogP contribution in [0.25, 0.3) is 0 Å². The van der Waals surface area contributed by atoms with Gasteiger partial charge in [0.15, 0.2) is 0 Å². The van der Waals surface area contributed by atoms with Gasteiger partial charge in [0.2, 0.25) is 0 Å². The lowest BCUT2D eigenvalue weighted by atomic mass is 9.99. The van der Waals surface area contributed by atoms with Gasteiger partial charge in [0, 0.05) is 10.6 Å². The Balaban J connectivity index is 2.31. The van der Waals surface area contributed by atoms with Crippen LogP contribution in [0.1, 0.15) is 29.7 Å². The Morgan fingerprint density at radius 1 is 1.25 bits per heavy atom. The first-order chi connectivity index (χ1) is 9.52. The fourth-order valence-corrected chi connectivity index (χ4v) is 2.24. The summed E-state index contributed by atoms with van der Waals surface area (Å²) in [6.45, 7) is 4.13. The minimum atomic E-state index is -0.891. The number of halogens is 2. The van der Waals surface area contributed by atoms with Gasteiger partial charge in [0.1, 0.15) is 17.7 Å². The molecule has 0 bridgehead atoms. The second-order valence-corrected chi connectivity index (χ2v) is 4.93. The highest BCUT2D eigenvalue weighted by Crippen LogP contribution is 2.31. The molecule has 0 saturated carbocycles. The third kappa shape index (κ3) is 3.11. The van der Waals surface area contributed by atoms with E-state index < -0.39 is 6.10 Å². The van der Waals surface area contributed by atoms with Gasteiger partial charge in [-0.3, -0.25) is 0 Å². The Kier molecular flexibility index (Phi) is 4.63. The van der Waals surface area contributed by atoms with Gasteiger partial charge in [0.25, 0.3) is 0 Å². The molecule has 0 aromatic heterocycles. The molecule has 0 aliphatic rings. The summed E-state index contributed by atoms with van der Waals surface area (Å²) in [5.41, 5.74) is 1.63. The van der Waals surface area contributed by atoms with Crippen molar-refractivity contribution in [1.29, 1.82) is 0 Å². The molecule has 2 rings (SSSR count). The van der Waals surface area contributed by atoms with Crippen molar-refractivity contribution in [2.24, 2.45) is 0 Å². The zero-order valence-corrected chi connectivity index (χ0v) is 12.1. The molecule has 106 valence electrons. The Bertz CT molecular complexity index is 596. The molecular formula is C16H16ClFO2. The van der Waals surface area contributed by atoms with Crippen LogP contribution in [0.3, 0.4) is 0 Å². The molecule has 20 heavy (non-hydrogen) atoms. The highest BCUT2D eigenvalue weighted by atomic mass is 35.5. The van der Waals surface area contributed by atoms with Crippen LogP contribution in [-0.4, -0.2) is 11.7 Å². The average molecular weight is 295 g/mol. The van der Waals surface area contributed by atoms with Gasteiger partial charge in [-0.05, 0) is 49.2 Å². The maximum absolute atomic E-state index is 13.4. The van der Waals surface area contributed by atoms with Gasteiger partial charge in [0.05, 0.1) is 6.61 Å². The third-order valence-corrected chi connectivity index (χ3v) is 3.41. The topological polar surface area (TPSA) is 29.5 Å². The summed E-state index contributed by atoms with van der Waals surface area (Å²) in [5, 5.41) is 10.6. The van der Waals surface area contributed by atoms with Crippen LogP contribution >= 0.6 is 11.6 Å². The third-order valence-electron chi connectivity index (χ3n) is 3.08. The van der Waals surface area contributed by atoms with Crippen molar-refractivity contribution in [2.75, 3.05) is 6.61 Å². The number of benzene rings is 2. The lowest BCUT2D eigenvalue weighted by Gasteiger charge is -2.15. The molecule has 0 aliphatic heterocycles. The molecule has 0 aliphatic carbocycles. The average Bonchev–Trinajstić information content (AvgIpc) is 2.43. The maximum atomic E-state index is 13.4. The number of aliphatic hydroxyl groups excluding tert-OH is 1. The Hall–Kier alpha value is -1.58. The number of rotatable bonds is 4. The Morgan fingerprint density at radius 2 is 1.90 bits per heavy atom. The molecule has 2 nitrogen and oxygen atoms in total. The Morgan fingerprint density at radius 3 is 2.50 bits per heavy atom. The van der Waals surface area contributed by atoms with E-state index in [9.17, 15) is 9.50 Å². The SMILES string of the molecule is CCOc1ccc(C(O)c2cc(C)c(F)cc2Cl)cc1. The van der Waals surface area contributed by atoms with Gasteiger partial charge in [-0.25, -0.2) is 4.39 Å². The zero-order chi connectivity index (χ0) is 14.7. The van der Waals surface area contributed by atoms with Crippen molar-refractivity contribution in [1.82, 2.24) is 0 Å². The molecule has 4 heteroatoms. The lowest BCUT2D eigenvalue weighted by Crippen LogP contribution is -2.02. The molecule has 0 spiro atoms. The first-order valence-electron chi connectivity index (χ1n) is 6.39. The van der Waals surface area contributed by atoms with E-state index >= 15 is 0 Å². The summed E-state index contributed by atoms with van der Waals surface area (Å²) in [6, 6.07) is 9.90. The second-order valence-electron chi connectivity index (χ2n) is 4.53. The quantitative estimate of drug-likeness (QED) is 0.912. The molecule has 1 atom stereocenters. The van der Waals surface area contributed by atoms with Gasteiger partial charge in [-0.15, -0.1) is 0 Å². The van der Waals surface area contributed by atoms with Crippen molar-refractivity contribution in [3.05, 3.63) is 63.9 Å². The molecule has 0 amide bonds. The summed E-state index contributed by atoms with van der Waals surface area (Å²) in [4.78, 5) is 0. The largest absolute Gasteiger partial charge is 0.494 e. The van der Waals surface area contributed by atoms with Crippen LogP contribution in [0.15, 0.2) is 36.4 Å². The summed E-state index contributed by atoms with van der Waals surface area (Å²) in [5.74, 6) is 0.363. The van der Waals surface area contributed by atoms with Gasteiger partial charge in [-0.2, -0.15) is 0 Å². The van der Waals surface area contributed by atoms with Crippen molar-refractivity contribution < 1.29 is 14.2 Å². The lowest BCUT2D eigenvalue weighted by molar-refractivity contribution is 0.220. The molecule has 0 radical (unpaired) electrons. The van der Waals surface area contributed by atoms with Crippen LogP contribution in [-0.2, 0) is 0 Å². The smallest absolute Gasteiger partial charge is 0.127 e. The first-order valence-corrected chi connectivity index (χ1v) is 6.77. The molecule has 1 unspecified atom stereocenters. The minimum absolute atomic E-state index is 0.217. The second kappa shape index (κ2) is 6.25. The summed E-state index contributed by atoms with van der Waals surface area (Å²) in [6.07, 6.45) is -0.891. The number of aryl methyl sites for hydroxylation is 1. The van der Waals surface area contributed by atoms with E-state index in [1.54, 1.807) is 37.3 Å². The van der Waals surface area contributed by atoms with Crippen LogP contribution in [0.4, 0.5) is 4.39 Å². The van der Waals surface area contributed by atoms with E-state index in [-0.39, 0.29) is 10.8 Å². The Labute approximate surface area is 122 Å². The fraction of sp³-hybridized carbons (Fsp3) is 0.250. The molecule has 0 fully saturated rings. The number of hydrogen-bond acceptors (Lipinski definition) is 2. The molecule has 2 aromatic carbocycles. The summed E-state index contributed by atoms with van der Waals surface area (Å²) >= 11 is 6.00. The highest BCUT2D eigenvalue weighted by molar-refractivity contribution is 6.31. The minimum Gasteiger partial charge on any atom is -0.494 e. The van der Waals surface area contributed by atoms with Crippen molar-refractivity contribution in [3.63, 3.8) is 0 Å². The summed E-state index contributed by atoms with van der Waals surface area (Å²) in [7, 11) is 0. The van der Waals surface area contributed by atoms with Crippen LogP contribution in [0.5, 0.6) is 5.75 Å². The van der Waals surface area contributed by atoms with E-state index in [1.807, 2.05) is 6.92 Å². The van der Waals surface area contributed by atoms with Gasteiger partial charge >= 0.3 is 0 Å². The maximum Gasteiger partial charge on any atom is 0.127 e. The first kappa shape index (κ1) is 14.8. The van der Waals surface area contributed by atoms with Crippen LogP contribution in [0, 0.1) is 12.7 Å². The van der Waals surface area contributed by atoms with Crippen molar-refractivity contribution in [3.8, 4) is 5.75 Å². The fourth-order valence-electron chi connectivity index (χ4n) is 1.98. The number of hydrogen-bond donors (Lipinski definition) is 1. The molecule has 0 heterocycles. The van der Waals surface area contributed by atoms with Crippen molar-refractivity contribution in [2.45, 2.75) is 20.0 Å². The van der Waals surface area contributed by atoms with E-state index in [4.69, 9.17) is 16.3 Å². The summed E-state index contributed by atoms with van der Waals surface area (Å²) < 4.78 is 18.7. The van der Waals surface area contributed by atoms with Crippen molar-refractivity contribution >= 4 is 11.6 Å². The highest BCUT2D eigenvalue weighted by Gasteiger charge is 2.16. The van der Waals surface area contributed by atoms with Gasteiger partial charge in [-0.1, -0.05) is 23.7 Å². The molecular weight excluding hydrogens is 279 g/mol. The van der Waals surface area contributed by atoms with Crippen LogP contribution in [0.2, 0.25) is 5.02 Å². The van der Waals surface area contributed by atoms with E-state index in [1.165, 1.54) is 6.07 Å². The zero-order valence-electron chi connectivity index (χ0n) is 11.4. The standard InChI is InChI=1S/C16H16ClFO2/c1-3-20-12-6-4-11(5-7-12)16(19)13-8-10(2)15(18)9-14(13)17/h4-9,16,19H,3H2,1-2H3. The monoisotopic (exact) mass is 294 g/mol. The number of ether oxygens (including phenoxy) is 1. The molecule has 2 aromatic rings. The number of aliphatic hydroxyl groups is 1. The van der Waals surface area contributed by atoms with Crippen LogP contribution < -0.4 is 4.74 Å². The predicted octanol–water partition coefficient (Wildman–Crippen LogP) is 4.27. The normalized spacial score (nSPS) is 12.2. The molecule has 0 saturated heterocycles. The van der Waals surface area contributed by atoms with E-state index in [0.717, 1.165) is 5.75 Å². The molecule has 1 N–H and O–H groups in total. The van der Waals surface area contributed by atoms with E-state index in [2.05, 4.69) is 0 Å².